The molecule has 204 valence electrons. The van der Waals surface area contributed by atoms with E-state index in [0.29, 0.717) is 47.2 Å². The Labute approximate surface area is 232 Å². The van der Waals surface area contributed by atoms with Gasteiger partial charge in [-0.05, 0) is 72.1 Å². The van der Waals surface area contributed by atoms with Crippen LogP contribution in [0.25, 0.3) is 10.8 Å². The Morgan fingerprint density at radius 1 is 0.925 bits per heavy atom. The second kappa shape index (κ2) is 13.6. The van der Waals surface area contributed by atoms with Crippen molar-refractivity contribution in [3.05, 3.63) is 108 Å². The van der Waals surface area contributed by atoms with Crippen molar-refractivity contribution in [1.82, 2.24) is 5.43 Å². The van der Waals surface area contributed by atoms with Crippen LogP contribution in [0.4, 0.5) is 0 Å². The summed E-state index contributed by atoms with van der Waals surface area (Å²) in [6.07, 6.45) is 3.94. The minimum Gasteiger partial charge on any atom is -0.494 e. The molecule has 1 amide bonds. The van der Waals surface area contributed by atoms with Crippen LogP contribution >= 0.6 is 0 Å². The molecule has 0 aliphatic heterocycles. The number of nitrogens with zero attached hydrogens (tertiary/aromatic N) is 1. The second-order valence-electron chi connectivity index (χ2n) is 8.61. The molecule has 40 heavy (non-hydrogen) atoms. The fourth-order valence-corrected chi connectivity index (χ4v) is 3.98. The topological polar surface area (TPSA) is 95.5 Å². The molecule has 4 rings (SSSR count). The van der Waals surface area contributed by atoms with Gasteiger partial charge in [0.05, 0.1) is 25.5 Å². The lowest BCUT2D eigenvalue weighted by Gasteiger charge is -2.12. The molecule has 0 spiro atoms. The van der Waals surface area contributed by atoms with E-state index in [2.05, 4.69) is 17.1 Å². The van der Waals surface area contributed by atoms with Crippen LogP contribution in [0.2, 0.25) is 0 Å². The molecule has 4 aromatic carbocycles. The summed E-state index contributed by atoms with van der Waals surface area (Å²) in [6.45, 7) is 5.88. The largest absolute Gasteiger partial charge is 0.494 e. The van der Waals surface area contributed by atoms with E-state index in [1.807, 2.05) is 49.4 Å². The van der Waals surface area contributed by atoms with Gasteiger partial charge < -0.3 is 18.9 Å². The van der Waals surface area contributed by atoms with Crippen LogP contribution in [0, 0.1) is 0 Å². The number of amides is 1. The summed E-state index contributed by atoms with van der Waals surface area (Å²) < 4.78 is 22.2. The molecular formula is C32H30N2O6. The van der Waals surface area contributed by atoms with Crippen molar-refractivity contribution in [2.45, 2.75) is 13.3 Å². The maximum atomic E-state index is 12.9. The number of carbonyl (C=O) groups is 2. The van der Waals surface area contributed by atoms with E-state index in [-0.39, 0.29) is 6.61 Å². The molecule has 1 N–H and O–H groups in total. The van der Waals surface area contributed by atoms with E-state index >= 15 is 0 Å². The van der Waals surface area contributed by atoms with Crippen LogP contribution < -0.4 is 24.4 Å². The number of ether oxygens (including phenoxy) is 4. The van der Waals surface area contributed by atoms with Crippen molar-refractivity contribution in [3.63, 3.8) is 0 Å². The smallest absolute Gasteiger partial charge is 0.343 e. The van der Waals surface area contributed by atoms with Crippen molar-refractivity contribution in [1.29, 1.82) is 0 Å². The Morgan fingerprint density at radius 3 is 2.45 bits per heavy atom. The molecule has 8 nitrogen and oxygen atoms in total. The fraction of sp³-hybridized carbons (Fsp3) is 0.156. The lowest BCUT2D eigenvalue weighted by Crippen LogP contribution is -2.24. The average molecular weight is 539 g/mol. The van der Waals surface area contributed by atoms with Gasteiger partial charge in [-0.1, -0.05) is 42.5 Å². The molecule has 0 unspecified atom stereocenters. The first kappa shape index (κ1) is 27.9. The zero-order chi connectivity index (χ0) is 28.3. The maximum Gasteiger partial charge on any atom is 0.343 e. The normalized spacial score (nSPS) is 10.8. The Morgan fingerprint density at radius 2 is 1.70 bits per heavy atom. The highest BCUT2D eigenvalue weighted by atomic mass is 16.5. The van der Waals surface area contributed by atoms with Crippen molar-refractivity contribution in [2.24, 2.45) is 5.10 Å². The number of esters is 1. The number of nitrogens with one attached hydrogen (secondary N) is 1. The van der Waals surface area contributed by atoms with Gasteiger partial charge in [-0.15, -0.1) is 6.58 Å². The molecule has 0 heterocycles. The molecule has 0 fully saturated rings. The number of fused-ring (bicyclic) bond motifs is 1. The van der Waals surface area contributed by atoms with E-state index in [9.17, 15) is 9.59 Å². The Balaban J connectivity index is 1.46. The van der Waals surface area contributed by atoms with Crippen LogP contribution in [-0.4, -0.2) is 38.4 Å². The minimum absolute atomic E-state index is 0.274. The Bertz CT molecular complexity index is 1530. The van der Waals surface area contributed by atoms with Crippen molar-refractivity contribution >= 4 is 28.9 Å². The SMILES string of the molecule is C=CCc1ccc(OCC(=O)NN=Cc2c(OC(=O)c3ccc(OCC)cc3)ccc3ccccc23)c(OC)c1. The third kappa shape index (κ3) is 7.05. The van der Waals surface area contributed by atoms with E-state index in [1.165, 1.54) is 13.3 Å². The third-order valence-corrected chi connectivity index (χ3v) is 5.88. The number of carbonyl (C=O) groups excluding carboxylic acids is 2. The standard InChI is InChI=1S/C32H30N2O6/c1-4-8-22-11-17-29(30(19-22)37-3)39-21-31(35)34-33-20-27-26-10-7-6-9-23(26)14-18-28(27)40-32(36)24-12-15-25(16-13-24)38-5-2/h4,6-7,9-20H,1,5,8,21H2,2-3H3,(H,34,35). The van der Waals surface area contributed by atoms with Crippen LogP contribution in [0.5, 0.6) is 23.0 Å². The molecule has 0 bridgehead atoms. The number of rotatable bonds is 12. The summed E-state index contributed by atoms with van der Waals surface area (Å²) in [5, 5.41) is 5.83. The molecule has 0 aliphatic rings. The first-order valence-corrected chi connectivity index (χ1v) is 12.7. The van der Waals surface area contributed by atoms with Crippen molar-refractivity contribution in [2.75, 3.05) is 20.3 Å². The van der Waals surface area contributed by atoms with Crippen LogP contribution in [0.15, 0.2) is 96.6 Å². The number of methoxy groups -OCH3 is 1. The highest BCUT2D eigenvalue weighted by molar-refractivity contribution is 6.04. The maximum absolute atomic E-state index is 12.9. The van der Waals surface area contributed by atoms with Crippen LogP contribution in [-0.2, 0) is 11.2 Å². The summed E-state index contributed by atoms with van der Waals surface area (Å²) in [6, 6.07) is 23.3. The van der Waals surface area contributed by atoms with Gasteiger partial charge in [-0.2, -0.15) is 5.10 Å². The monoisotopic (exact) mass is 538 g/mol. The highest BCUT2D eigenvalue weighted by Gasteiger charge is 2.14. The van der Waals surface area contributed by atoms with Crippen molar-refractivity contribution < 1.29 is 28.5 Å². The Hall–Kier alpha value is -5.11. The third-order valence-electron chi connectivity index (χ3n) is 5.88. The summed E-state index contributed by atoms with van der Waals surface area (Å²) in [4.78, 5) is 25.3. The molecule has 0 atom stereocenters. The van der Waals surface area contributed by atoms with Gasteiger partial charge >= 0.3 is 5.97 Å². The summed E-state index contributed by atoms with van der Waals surface area (Å²) in [7, 11) is 1.54. The molecule has 4 aromatic rings. The van der Waals surface area contributed by atoms with Gasteiger partial charge in [-0.25, -0.2) is 10.2 Å². The lowest BCUT2D eigenvalue weighted by molar-refractivity contribution is -0.123. The predicted molar refractivity (Wildman–Crippen MR) is 155 cm³/mol. The van der Waals surface area contributed by atoms with Gasteiger partial charge in [-0.3, -0.25) is 4.79 Å². The molecular weight excluding hydrogens is 508 g/mol. The zero-order valence-electron chi connectivity index (χ0n) is 22.4. The van der Waals surface area contributed by atoms with E-state index < -0.39 is 11.9 Å². The molecule has 0 radical (unpaired) electrons. The van der Waals surface area contributed by atoms with Gasteiger partial charge in [0.25, 0.3) is 5.91 Å². The zero-order valence-corrected chi connectivity index (χ0v) is 22.4. The number of hydrogen-bond acceptors (Lipinski definition) is 7. The van der Waals surface area contributed by atoms with Crippen LogP contribution in [0.1, 0.15) is 28.4 Å². The number of hydrogen-bond donors (Lipinski definition) is 1. The average Bonchev–Trinajstić information content (AvgIpc) is 2.98. The molecule has 0 aliphatic carbocycles. The number of allylic oxidation sites excluding steroid dienone is 1. The van der Waals surface area contributed by atoms with Gasteiger partial charge in [0.15, 0.2) is 18.1 Å². The van der Waals surface area contributed by atoms with Gasteiger partial charge in [0.2, 0.25) is 0 Å². The quantitative estimate of drug-likeness (QED) is 0.0815. The minimum atomic E-state index is -0.529. The molecule has 0 aromatic heterocycles. The van der Waals surface area contributed by atoms with Gasteiger partial charge in [0, 0.05) is 5.56 Å². The van der Waals surface area contributed by atoms with E-state index in [1.54, 1.807) is 42.5 Å². The predicted octanol–water partition coefficient (Wildman–Crippen LogP) is 5.72. The first-order valence-electron chi connectivity index (χ1n) is 12.7. The van der Waals surface area contributed by atoms with Crippen molar-refractivity contribution in [3.8, 4) is 23.0 Å². The highest BCUT2D eigenvalue weighted by Crippen LogP contribution is 2.29. The van der Waals surface area contributed by atoms with Crippen LogP contribution in [0.3, 0.4) is 0 Å². The molecule has 8 heteroatoms. The lowest BCUT2D eigenvalue weighted by atomic mass is 10.0. The first-order chi connectivity index (χ1) is 19.5. The molecule has 0 saturated carbocycles. The van der Waals surface area contributed by atoms with E-state index in [0.717, 1.165) is 16.3 Å². The van der Waals surface area contributed by atoms with Gasteiger partial charge in [0.1, 0.15) is 11.5 Å². The van der Waals surface area contributed by atoms with E-state index in [4.69, 9.17) is 18.9 Å². The summed E-state index contributed by atoms with van der Waals surface area (Å²) in [5.41, 5.74) is 4.39. The number of benzene rings is 4. The second-order valence-corrected chi connectivity index (χ2v) is 8.61. The molecule has 0 saturated heterocycles. The summed E-state index contributed by atoms with van der Waals surface area (Å²) in [5.74, 6) is 0.925. The summed E-state index contributed by atoms with van der Waals surface area (Å²) >= 11 is 0. The fourth-order valence-electron chi connectivity index (χ4n) is 3.98. The number of hydrazone groups is 1. The Kier molecular flexibility index (Phi) is 9.50.